The Morgan fingerprint density at radius 3 is 2.84 bits per heavy atom. The molecule has 0 fully saturated rings. The number of aryl methyl sites for hydroxylation is 1. The average molecular weight is 378 g/mol. The van der Waals surface area contributed by atoms with E-state index in [9.17, 15) is 0 Å². The number of alkyl halides is 1. The number of benzene rings is 1. The summed E-state index contributed by atoms with van der Waals surface area (Å²) in [5.41, 5.74) is 3.32. The lowest BCUT2D eigenvalue weighted by Gasteiger charge is -2.13. The Balaban J connectivity index is 2.07. The molecule has 0 bridgehead atoms. The van der Waals surface area contributed by atoms with Crippen LogP contribution in [-0.4, -0.2) is 6.61 Å². The van der Waals surface area contributed by atoms with E-state index >= 15 is 0 Å². The minimum atomic E-state index is -0.222. The summed E-state index contributed by atoms with van der Waals surface area (Å²) in [5, 5.41) is 0.498. The van der Waals surface area contributed by atoms with Gasteiger partial charge in [-0.1, -0.05) is 11.6 Å². The Kier molecular flexibility index (Phi) is 3.82. The third-order valence-corrected chi connectivity index (χ3v) is 6.20. The summed E-state index contributed by atoms with van der Waals surface area (Å²) in [5.74, 6) is 0.909. The second-order valence-corrected chi connectivity index (χ2v) is 7.82. The summed E-state index contributed by atoms with van der Waals surface area (Å²) in [4.78, 5) is 1.10. The van der Waals surface area contributed by atoms with Crippen molar-refractivity contribution in [1.29, 1.82) is 0 Å². The van der Waals surface area contributed by atoms with Crippen LogP contribution in [0, 0.1) is 6.92 Å². The molecule has 1 atom stereocenters. The van der Waals surface area contributed by atoms with Crippen LogP contribution in [-0.2, 0) is 6.42 Å². The molecule has 5 heteroatoms. The van der Waals surface area contributed by atoms with Gasteiger partial charge in [0.15, 0.2) is 0 Å². The highest BCUT2D eigenvalue weighted by molar-refractivity contribution is 9.11. The van der Waals surface area contributed by atoms with Crippen LogP contribution in [0.1, 0.15) is 26.9 Å². The number of halogens is 3. The molecule has 3 rings (SSSR count). The fourth-order valence-electron chi connectivity index (χ4n) is 2.25. The minimum Gasteiger partial charge on any atom is -0.493 e. The minimum absolute atomic E-state index is 0.222. The van der Waals surface area contributed by atoms with Gasteiger partial charge in [0.2, 0.25) is 0 Å². The van der Waals surface area contributed by atoms with Gasteiger partial charge < -0.3 is 4.74 Å². The normalized spacial score (nSPS) is 15.2. The van der Waals surface area contributed by atoms with E-state index in [2.05, 4.69) is 28.9 Å². The predicted molar refractivity (Wildman–Crippen MR) is 85.1 cm³/mol. The van der Waals surface area contributed by atoms with Gasteiger partial charge in [-0.3, -0.25) is 0 Å². The van der Waals surface area contributed by atoms with Crippen LogP contribution in [0.15, 0.2) is 22.0 Å². The number of hydrogen-bond donors (Lipinski definition) is 0. The molecule has 2 aromatic rings. The molecular formula is C14H11BrCl2OS. The van der Waals surface area contributed by atoms with Gasteiger partial charge in [-0.15, -0.1) is 22.9 Å². The third-order valence-electron chi connectivity index (χ3n) is 3.18. The fraction of sp³-hybridized carbons (Fsp3) is 0.286. The lowest BCUT2D eigenvalue weighted by Crippen LogP contribution is -1.95. The first kappa shape index (κ1) is 13.7. The van der Waals surface area contributed by atoms with Crippen molar-refractivity contribution >= 4 is 50.5 Å². The zero-order valence-electron chi connectivity index (χ0n) is 10.2. The Hall–Kier alpha value is -0.220. The topological polar surface area (TPSA) is 9.23 Å². The van der Waals surface area contributed by atoms with Gasteiger partial charge in [-0.05, 0) is 52.2 Å². The maximum Gasteiger partial charge on any atom is 0.127 e. The second kappa shape index (κ2) is 5.28. The van der Waals surface area contributed by atoms with E-state index in [0.29, 0.717) is 6.61 Å². The largest absolute Gasteiger partial charge is 0.493 e. The number of fused-ring (bicyclic) bond motifs is 1. The zero-order valence-corrected chi connectivity index (χ0v) is 14.1. The summed E-state index contributed by atoms with van der Waals surface area (Å²) in [6, 6.07) is 5.98. The van der Waals surface area contributed by atoms with Crippen LogP contribution >= 0.6 is 50.5 Å². The molecule has 1 aliphatic heterocycles. The highest BCUT2D eigenvalue weighted by atomic mass is 79.9. The molecule has 0 saturated heterocycles. The van der Waals surface area contributed by atoms with Crippen molar-refractivity contribution in [1.82, 2.24) is 0 Å². The van der Waals surface area contributed by atoms with Crippen LogP contribution in [0.5, 0.6) is 5.75 Å². The molecule has 0 saturated carbocycles. The molecule has 1 unspecified atom stereocenters. The van der Waals surface area contributed by atoms with Crippen LogP contribution in [0.3, 0.4) is 0 Å². The highest BCUT2D eigenvalue weighted by Crippen LogP contribution is 2.44. The van der Waals surface area contributed by atoms with Crippen molar-refractivity contribution in [3.05, 3.63) is 48.6 Å². The molecule has 100 valence electrons. The van der Waals surface area contributed by atoms with Crippen molar-refractivity contribution in [2.24, 2.45) is 0 Å². The Bertz CT molecular complexity index is 619. The van der Waals surface area contributed by atoms with Gasteiger partial charge in [0.1, 0.15) is 5.75 Å². The van der Waals surface area contributed by atoms with Crippen LogP contribution in [0.2, 0.25) is 5.02 Å². The summed E-state index contributed by atoms with van der Waals surface area (Å²) in [6.45, 7) is 2.77. The van der Waals surface area contributed by atoms with E-state index in [1.54, 1.807) is 11.3 Å². The number of hydrogen-bond acceptors (Lipinski definition) is 2. The molecule has 2 heterocycles. The number of ether oxygens (including phenoxy) is 1. The van der Waals surface area contributed by atoms with Gasteiger partial charge >= 0.3 is 0 Å². The molecule has 0 spiro atoms. The lowest BCUT2D eigenvalue weighted by atomic mass is 10.0. The van der Waals surface area contributed by atoms with Crippen molar-refractivity contribution in [3.63, 3.8) is 0 Å². The Morgan fingerprint density at radius 2 is 2.16 bits per heavy atom. The monoisotopic (exact) mass is 376 g/mol. The summed E-state index contributed by atoms with van der Waals surface area (Å²) in [7, 11) is 0. The van der Waals surface area contributed by atoms with Crippen molar-refractivity contribution in [3.8, 4) is 5.75 Å². The summed E-state index contributed by atoms with van der Waals surface area (Å²) in [6.07, 6.45) is 0.902. The quantitative estimate of drug-likeness (QED) is 0.606. The Morgan fingerprint density at radius 1 is 1.37 bits per heavy atom. The maximum atomic E-state index is 6.62. The van der Waals surface area contributed by atoms with Gasteiger partial charge in [0.25, 0.3) is 0 Å². The molecule has 1 aromatic carbocycles. The lowest BCUT2D eigenvalue weighted by molar-refractivity contribution is 0.354. The van der Waals surface area contributed by atoms with E-state index in [-0.39, 0.29) is 5.38 Å². The predicted octanol–water partition coefficient (Wildman–Crippen LogP) is 5.74. The number of thiophene rings is 1. The number of rotatable bonds is 2. The molecule has 0 aliphatic carbocycles. The first-order chi connectivity index (χ1) is 9.06. The van der Waals surface area contributed by atoms with Crippen LogP contribution in [0.4, 0.5) is 0 Å². The molecule has 1 nitrogen and oxygen atoms in total. The van der Waals surface area contributed by atoms with Crippen LogP contribution < -0.4 is 4.74 Å². The molecule has 1 aromatic heterocycles. The summed E-state index contributed by atoms with van der Waals surface area (Å²) < 4.78 is 6.83. The van der Waals surface area contributed by atoms with Gasteiger partial charge in [-0.25, -0.2) is 0 Å². The molecule has 1 aliphatic rings. The molecule has 0 N–H and O–H groups in total. The summed E-state index contributed by atoms with van der Waals surface area (Å²) >= 11 is 18.0. The molecular weight excluding hydrogens is 367 g/mol. The standard InChI is InChI=1S/C14H11BrCl2OS/c1-7-4-11(19-14(7)15)12(17)10-6-9(16)5-8-2-3-18-13(8)10/h4-6,12H,2-3H2,1H3. The first-order valence-corrected chi connectivity index (χ1v) is 8.33. The third kappa shape index (κ3) is 2.54. The maximum absolute atomic E-state index is 6.62. The van der Waals surface area contributed by atoms with Crippen molar-refractivity contribution in [2.45, 2.75) is 18.7 Å². The second-order valence-electron chi connectivity index (χ2n) is 4.55. The SMILES string of the molecule is Cc1cc(C(Cl)c2cc(Cl)cc3c2OCC3)sc1Br. The van der Waals surface area contributed by atoms with E-state index in [1.807, 2.05) is 12.1 Å². The van der Waals surface area contributed by atoms with E-state index in [0.717, 1.165) is 37.0 Å². The smallest absolute Gasteiger partial charge is 0.127 e. The van der Waals surface area contributed by atoms with Crippen LogP contribution in [0.25, 0.3) is 0 Å². The molecule has 0 radical (unpaired) electrons. The molecule has 0 amide bonds. The van der Waals surface area contributed by atoms with E-state index in [4.69, 9.17) is 27.9 Å². The van der Waals surface area contributed by atoms with Crippen molar-refractivity contribution in [2.75, 3.05) is 6.61 Å². The van der Waals surface area contributed by atoms with Gasteiger partial charge in [0.05, 0.1) is 15.8 Å². The molecule has 19 heavy (non-hydrogen) atoms. The van der Waals surface area contributed by atoms with E-state index < -0.39 is 0 Å². The highest BCUT2D eigenvalue weighted by Gasteiger charge is 2.24. The van der Waals surface area contributed by atoms with Gasteiger partial charge in [0, 0.05) is 21.9 Å². The van der Waals surface area contributed by atoms with Crippen molar-refractivity contribution < 1.29 is 4.74 Å². The average Bonchev–Trinajstić information content (AvgIpc) is 2.95. The zero-order chi connectivity index (χ0) is 13.6. The fourth-order valence-corrected chi connectivity index (χ4v) is 4.42. The first-order valence-electron chi connectivity index (χ1n) is 5.91. The van der Waals surface area contributed by atoms with E-state index in [1.165, 1.54) is 5.56 Å². The Labute approximate surface area is 134 Å². The van der Waals surface area contributed by atoms with Gasteiger partial charge in [-0.2, -0.15) is 0 Å².